The molecule has 1 aromatic rings. The molecule has 0 spiro atoms. The maximum atomic E-state index is 12.0. The lowest BCUT2D eigenvalue weighted by molar-refractivity contribution is -0.0518. The van der Waals surface area contributed by atoms with Crippen LogP contribution in [-0.2, 0) is 10.0 Å². The molecule has 4 nitrogen and oxygen atoms in total. The van der Waals surface area contributed by atoms with Gasteiger partial charge in [-0.25, -0.2) is 13.6 Å². The van der Waals surface area contributed by atoms with Crippen LogP contribution in [0.3, 0.4) is 0 Å². The molecule has 0 radical (unpaired) electrons. The molecule has 0 fully saturated rings. The summed E-state index contributed by atoms with van der Waals surface area (Å²) in [6.07, 6.45) is 0. The predicted octanol–water partition coefficient (Wildman–Crippen LogP) is 1.54. The third-order valence-electron chi connectivity index (χ3n) is 1.43. The first-order chi connectivity index (χ1) is 6.82. The van der Waals surface area contributed by atoms with E-state index in [0.717, 1.165) is 6.07 Å². The van der Waals surface area contributed by atoms with Gasteiger partial charge < -0.3 is 4.74 Å². The zero-order valence-corrected chi connectivity index (χ0v) is 10.1. The number of hydrogen-bond acceptors (Lipinski definition) is 3. The summed E-state index contributed by atoms with van der Waals surface area (Å²) in [5, 5.41) is 4.88. The highest BCUT2D eigenvalue weighted by atomic mass is 127. The quantitative estimate of drug-likeness (QED) is 0.842. The summed E-state index contributed by atoms with van der Waals surface area (Å²) in [6, 6.07) is 3.95. The van der Waals surface area contributed by atoms with Gasteiger partial charge in [0.15, 0.2) is 0 Å². The number of benzene rings is 1. The van der Waals surface area contributed by atoms with Crippen molar-refractivity contribution in [3.8, 4) is 5.75 Å². The zero-order chi connectivity index (χ0) is 11.6. The van der Waals surface area contributed by atoms with Gasteiger partial charge >= 0.3 is 6.61 Å². The Morgan fingerprint density at radius 2 is 2.00 bits per heavy atom. The standard InChI is InChI=1S/C7H6F2INO3S/c8-7(9)14-5-3-1-2-4(10)6(5)15(11,12)13/h1-3,7H,(H2,11,12,13). The number of primary sulfonamides is 1. The topological polar surface area (TPSA) is 69.4 Å². The Kier molecular flexibility index (Phi) is 3.84. The summed E-state index contributed by atoms with van der Waals surface area (Å²) in [4.78, 5) is -0.425. The Morgan fingerprint density at radius 1 is 1.40 bits per heavy atom. The van der Waals surface area contributed by atoms with Crippen molar-refractivity contribution in [2.75, 3.05) is 0 Å². The molecule has 8 heteroatoms. The number of halogens is 3. The molecular weight excluding hydrogens is 343 g/mol. The molecule has 0 aliphatic heterocycles. The molecule has 0 unspecified atom stereocenters. The summed E-state index contributed by atoms with van der Waals surface area (Å²) >= 11 is 1.67. The molecule has 0 aromatic heterocycles. The Balaban J connectivity index is 3.34. The Bertz CT molecular complexity index is 463. The predicted molar refractivity (Wildman–Crippen MR) is 57.2 cm³/mol. The minimum atomic E-state index is -4.08. The van der Waals surface area contributed by atoms with E-state index in [1.54, 1.807) is 22.6 Å². The Hall–Kier alpha value is -0.480. The summed E-state index contributed by atoms with van der Waals surface area (Å²) < 4.78 is 50.4. The summed E-state index contributed by atoms with van der Waals surface area (Å²) in [6.45, 7) is -3.09. The van der Waals surface area contributed by atoms with Gasteiger partial charge in [0.2, 0.25) is 10.0 Å². The Morgan fingerprint density at radius 3 is 2.47 bits per heavy atom. The monoisotopic (exact) mass is 349 g/mol. The lowest BCUT2D eigenvalue weighted by atomic mass is 10.3. The Labute approximate surface area is 98.6 Å². The second kappa shape index (κ2) is 4.58. The van der Waals surface area contributed by atoms with Gasteiger partial charge in [-0.2, -0.15) is 8.78 Å². The largest absolute Gasteiger partial charge is 0.433 e. The summed E-state index contributed by atoms with van der Waals surface area (Å²) in [7, 11) is -4.08. The molecule has 2 N–H and O–H groups in total. The number of alkyl halides is 2. The van der Waals surface area contributed by atoms with Crippen LogP contribution < -0.4 is 9.88 Å². The van der Waals surface area contributed by atoms with E-state index in [9.17, 15) is 17.2 Å². The molecule has 1 aromatic carbocycles. The van der Waals surface area contributed by atoms with Crippen LogP contribution in [0, 0.1) is 3.57 Å². The second-order valence-corrected chi connectivity index (χ2v) is 5.15. The summed E-state index contributed by atoms with van der Waals surface area (Å²) in [5.41, 5.74) is 0. The first-order valence-corrected chi connectivity index (χ1v) is 6.21. The van der Waals surface area contributed by atoms with Crippen molar-refractivity contribution >= 4 is 32.6 Å². The fourth-order valence-corrected chi connectivity index (χ4v) is 3.08. The minimum Gasteiger partial charge on any atom is -0.433 e. The molecular formula is C7H6F2INO3S. The molecule has 0 saturated carbocycles. The zero-order valence-electron chi connectivity index (χ0n) is 7.15. The maximum Gasteiger partial charge on any atom is 0.387 e. The molecule has 15 heavy (non-hydrogen) atoms. The van der Waals surface area contributed by atoms with Crippen molar-refractivity contribution in [2.24, 2.45) is 5.14 Å². The number of hydrogen-bond donors (Lipinski definition) is 1. The van der Waals surface area contributed by atoms with Crippen molar-refractivity contribution in [2.45, 2.75) is 11.5 Å². The first-order valence-electron chi connectivity index (χ1n) is 3.58. The van der Waals surface area contributed by atoms with Crippen molar-refractivity contribution in [3.05, 3.63) is 21.8 Å². The molecule has 1 rings (SSSR count). The molecule has 0 bridgehead atoms. The van der Waals surface area contributed by atoms with Crippen LogP contribution >= 0.6 is 22.6 Å². The summed E-state index contributed by atoms with van der Waals surface area (Å²) in [5.74, 6) is -0.445. The van der Waals surface area contributed by atoms with Crippen LogP contribution in [0.25, 0.3) is 0 Å². The normalized spacial score (nSPS) is 11.8. The van der Waals surface area contributed by atoms with Gasteiger partial charge in [0.1, 0.15) is 10.6 Å². The van der Waals surface area contributed by atoms with Gasteiger partial charge in [0, 0.05) is 3.57 Å². The van der Waals surface area contributed by atoms with E-state index in [-0.39, 0.29) is 3.57 Å². The van der Waals surface area contributed by atoms with Crippen molar-refractivity contribution in [1.82, 2.24) is 0 Å². The number of nitrogens with two attached hydrogens (primary N) is 1. The van der Waals surface area contributed by atoms with Gasteiger partial charge in [-0.3, -0.25) is 0 Å². The van der Waals surface area contributed by atoms with Crippen molar-refractivity contribution in [3.63, 3.8) is 0 Å². The fourth-order valence-electron chi connectivity index (χ4n) is 0.954. The molecule has 0 aliphatic rings. The van der Waals surface area contributed by atoms with E-state index >= 15 is 0 Å². The van der Waals surface area contributed by atoms with Crippen LogP contribution in [-0.4, -0.2) is 15.0 Å². The molecule has 0 heterocycles. The van der Waals surface area contributed by atoms with Crippen molar-refractivity contribution < 1.29 is 21.9 Å². The molecule has 84 valence electrons. The minimum absolute atomic E-state index is 0.230. The third kappa shape index (κ3) is 3.24. The average Bonchev–Trinajstić information content (AvgIpc) is 1.99. The molecule has 0 saturated heterocycles. The number of rotatable bonds is 3. The van der Waals surface area contributed by atoms with E-state index in [4.69, 9.17) is 5.14 Å². The highest BCUT2D eigenvalue weighted by molar-refractivity contribution is 14.1. The molecule has 0 amide bonds. The van der Waals surface area contributed by atoms with Crippen LogP contribution in [0.1, 0.15) is 0 Å². The van der Waals surface area contributed by atoms with Gasteiger partial charge in [0.05, 0.1) is 0 Å². The van der Waals surface area contributed by atoms with Gasteiger partial charge in [-0.05, 0) is 34.7 Å². The lowest BCUT2D eigenvalue weighted by Crippen LogP contribution is -2.16. The van der Waals surface area contributed by atoms with E-state index in [2.05, 4.69) is 4.74 Å². The van der Waals surface area contributed by atoms with E-state index in [1.165, 1.54) is 12.1 Å². The second-order valence-electron chi connectivity index (χ2n) is 2.49. The third-order valence-corrected chi connectivity index (χ3v) is 3.69. The van der Waals surface area contributed by atoms with Gasteiger partial charge in [0.25, 0.3) is 0 Å². The van der Waals surface area contributed by atoms with Crippen molar-refractivity contribution in [1.29, 1.82) is 0 Å². The van der Waals surface area contributed by atoms with Crippen LogP contribution in [0.2, 0.25) is 0 Å². The number of sulfonamides is 1. The fraction of sp³-hybridized carbons (Fsp3) is 0.143. The highest BCUT2D eigenvalue weighted by Gasteiger charge is 2.20. The van der Waals surface area contributed by atoms with Crippen LogP contribution in [0.15, 0.2) is 23.1 Å². The molecule has 0 aliphatic carbocycles. The lowest BCUT2D eigenvalue weighted by Gasteiger charge is -2.10. The highest BCUT2D eigenvalue weighted by Crippen LogP contribution is 2.28. The van der Waals surface area contributed by atoms with Crippen LogP contribution in [0.5, 0.6) is 5.75 Å². The van der Waals surface area contributed by atoms with Crippen LogP contribution in [0.4, 0.5) is 8.78 Å². The van der Waals surface area contributed by atoms with E-state index < -0.39 is 27.3 Å². The maximum absolute atomic E-state index is 12.0. The average molecular weight is 349 g/mol. The SMILES string of the molecule is NS(=O)(=O)c1c(I)cccc1OC(F)F. The van der Waals surface area contributed by atoms with E-state index in [0.29, 0.717) is 0 Å². The smallest absolute Gasteiger partial charge is 0.387 e. The first kappa shape index (κ1) is 12.6. The number of ether oxygens (including phenoxy) is 1. The molecule has 0 atom stereocenters. The van der Waals surface area contributed by atoms with Gasteiger partial charge in [-0.1, -0.05) is 6.07 Å². The van der Waals surface area contributed by atoms with E-state index in [1.807, 2.05) is 0 Å². The van der Waals surface area contributed by atoms with Gasteiger partial charge in [-0.15, -0.1) is 0 Å².